The van der Waals surface area contributed by atoms with Crippen molar-refractivity contribution in [3.8, 4) is 0 Å². The van der Waals surface area contributed by atoms with Gasteiger partial charge in [-0.2, -0.15) is 0 Å². The van der Waals surface area contributed by atoms with Gasteiger partial charge in [0.05, 0.1) is 5.54 Å². The monoisotopic (exact) mass is 236 g/mol. The van der Waals surface area contributed by atoms with Gasteiger partial charge in [0.25, 0.3) is 0 Å². The second-order valence-corrected chi connectivity index (χ2v) is 4.53. The molecule has 86 valence electrons. The molecule has 0 amide bonds. The molecular formula is C12H16N2OS. The Morgan fingerprint density at radius 3 is 2.31 bits per heavy atom. The molecule has 0 spiro atoms. The van der Waals surface area contributed by atoms with E-state index in [1.807, 2.05) is 30.3 Å². The number of para-hydroxylation sites is 1. The highest BCUT2D eigenvalue weighted by Crippen LogP contribution is 2.07. The second kappa shape index (κ2) is 5.07. The maximum absolute atomic E-state index is 11.3. The van der Waals surface area contributed by atoms with Crippen molar-refractivity contribution in [1.29, 1.82) is 0 Å². The van der Waals surface area contributed by atoms with Crippen LogP contribution in [0.1, 0.15) is 20.8 Å². The van der Waals surface area contributed by atoms with Crippen LogP contribution >= 0.6 is 12.2 Å². The molecule has 0 unspecified atom stereocenters. The van der Waals surface area contributed by atoms with Crippen LogP contribution in [0.5, 0.6) is 0 Å². The fraction of sp³-hybridized carbons (Fsp3) is 0.333. The lowest BCUT2D eigenvalue weighted by Crippen LogP contribution is -2.50. The Hall–Kier alpha value is -1.42. The van der Waals surface area contributed by atoms with Crippen molar-refractivity contribution < 1.29 is 4.79 Å². The standard InChI is InChI=1S/C12H16N2OS/c1-9(15)12(2,3)14-11(16)13-10-7-5-4-6-8-10/h4-8H,1-3H3,(H2,13,14,16). The van der Waals surface area contributed by atoms with Gasteiger partial charge in [0, 0.05) is 5.69 Å². The maximum atomic E-state index is 11.3. The van der Waals surface area contributed by atoms with E-state index in [0.29, 0.717) is 5.11 Å². The number of nitrogens with one attached hydrogen (secondary N) is 2. The Balaban J connectivity index is 2.58. The minimum absolute atomic E-state index is 0.0460. The summed E-state index contributed by atoms with van der Waals surface area (Å²) in [6.07, 6.45) is 0. The van der Waals surface area contributed by atoms with E-state index >= 15 is 0 Å². The Labute approximate surface area is 101 Å². The number of benzene rings is 1. The minimum Gasteiger partial charge on any atom is -0.351 e. The predicted octanol–water partition coefficient (Wildman–Crippen LogP) is 2.34. The number of hydrogen-bond acceptors (Lipinski definition) is 2. The summed E-state index contributed by atoms with van der Waals surface area (Å²) in [5.41, 5.74) is 0.262. The first kappa shape index (κ1) is 12.6. The first-order valence-corrected chi connectivity index (χ1v) is 5.48. The summed E-state index contributed by atoms with van der Waals surface area (Å²) in [5, 5.41) is 6.45. The lowest BCUT2D eigenvalue weighted by molar-refractivity contribution is -0.121. The first-order valence-electron chi connectivity index (χ1n) is 5.07. The van der Waals surface area contributed by atoms with Gasteiger partial charge in [-0.3, -0.25) is 4.79 Å². The van der Waals surface area contributed by atoms with Crippen LogP contribution in [-0.4, -0.2) is 16.4 Å². The average Bonchev–Trinajstić information content (AvgIpc) is 2.17. The van der Waals surface area contributed by atoms with Gasteiger partial charge < -0.3 is 10.6 Å². The summed E-state index contributed by atoms with van der Waals surface area (Å²) in [6.45, 7) is 5.14. The van der Waals surface area contributed by atoms with Crippen molar-refractivity contribution in [3.05, 3.63) is 30.3 Å². The normalized spacial score (nSPS) is 10.7. The summed E-state index contributed by atoms with van der Waals surface area (Å²) in [4.78, 5) is 11.3. The van der Waals surface area contributed by atoms with Crippen LogP contribution in [0.4, 0.5) is 5.69 Å². The van der Waals surface area contributed by atoms with E-state index in [-0.39, 0.29) is 5.78 Å². The largest absolute Gasteiger partial charge is 0.351 e. The van der Waals surface area contributed by atoms with E-state index in [0.717, 1.165) is 5.69 Å². The summed E-state index contributed by atoms with van der Waals surface area (Å²) >= 11 is 5.13. The number of ketones is 1. The molecule has 0 saturated carbocycles. The van der Waals surface area contributed by atoms with Crippen molar-refractivity contribution in [2.24, 2.45) is 0 Å². The molecule has 0 fully saturated rings. The van der Waals surface area contributed by atoms with Crippen LogP contribution < -0.4 is 10.6 Å². The van der Waals surface area contributed by atoms with Gasteiger partial charge in [0.2, 0.25) is 0 Å². The first-order chi connectivity index (χ1) is 7.42. The Kier molecular flexibility index (Phi) is 4.01. The van der Waals surface area contributed by atoms with Gasteiger partial charge in [-0.1, -0.05) is 18.2 Å². The number of thiocarbonyl (C=S) groups is 1. The predicted molar refractivity (Wildman–Crippen MR) is 70.6 cm³/mol. The molecule has 0 atom stereocenters. The van der Waals surface area contributed by atoms with Crippen molar-refractivity contribution in [2.45, 2.75) is 26.3 Å². The Morgan fingerprint density at radius 1 is 1.25 bits per heavy atom. The molecule has 1 aromatic rings. The molecule has 1 aromatic carbocycles. The molecule has 16 heavy (non-hydrogen) atoms. The van der Waals surface area contributed by atoms with Gasteiger partial charge in [0.15, 0.2) is 10.9 Å². The van der Waals surface area contributed by atoms with Gasteiger partial charge in [0.1, 0.15) is 0 Å². The topological polar surface area (TPSA) is 41.1 Å². The average molecular weight is 236 g/mol. The zero-order valence-electron chi connectivity index (χ0n) is 9.70. The van der Waals surface area contributed by atoms with Crippen molar-refractivity contribution in [3.63, 3.8) is 0 Å². The van der Waals surface area contributed by atoms with E-state index in [9.17, 15) is 4.79 Å². The van der Waals surface area contributed by atoms with Crippen LogP contribution in [0.15, 0.2) is 30.3 Å². The molecule has 0 bridgehead atoms. The van der Waals surface area contributed by atoms with Crippen LogP contribution in [-0.2, 0) is 4.79 Å². The van der Waals surface area contributed by atoms with Crippen molar-refractivity contribution in [2.75, 3.05) is 5.32 Å². The van der Waals surface area contributed by atoms with E-state index in [4.69, 9.17) is 12.2 Å². The van der Waals surface area contributed by atoms with E-state index in [2.05, 4.69) is 10.6 Å². The number of hydrogen-bond donors (Lipinski definition) is 2. The molecule has 2 N–H and O–H groups in total. The smallest absolute Gasteiger partial charge is 0.171 e. The zero-order valence-corrected chi connectivity index (χ0v) is 10.5. The Bertz CT molecular complexity index is 387. The molecule has 0 saturated heterocycles. The molecule has 0 aliphatic carbocycles. The molecule has 0 aliphatic heterocycles. The fourth-order valence-corrected chi connectivity index (χ4v) is 1.43. The van der Waals surface area contributed by atoms with Gasteiger partial charge in [-0.05, 0) is 45.1 Å². The van der Waals surface area contributed by atoms with E-state index in [1.54, 1.807) is 13.8 Å². The third-order valence-electron chi connectivity index (χ3n) is 2.34. The summed E-state index contributed by atoms with van der Waals surface area (Å²) < 4.78 is 0. The molecule has 0 heterocycles. The van der Waals surface area contributed by atoms with Crippen molar-refractivity contribution >= 4 is 28.8 Å². The molecule has 0 aliphatic rings. The lowest BCUT2D eigenvalue weighted by atomic mass is 10.0. The lowest BCUT2D eigenvalue weighted by Gasteiger charge is -2.25. The quantitative estimate of drug-likeness (QED) is 0.790. The molecule has 4 heteroatoms. The maximum Gasteiger partial charge on any atom is 0.171 e. The number of carbonyl (C=O) groups excluding carboxylic acids is 1. The number of carbonyl (C=O) groups is 1. The zero-order chi connectivity index (χ0) is 12.2. The summed E-state index contributed by atoms with van der Waals surface area (Å²) in [5.74, 6) is 0.0460. The molecule has 0 radical (unpaired) electrons. The number of Topliss-reactive ketones (excluding diaryl/α,β-unsaturated/α-hetero) is 1. The van der Waals surface area contributed by atoms with Gasteiger partial charge in [-0.25, -0.2) is 0 Å². The molecular weight excluding hydrogens is 220 g/mol. The Morgan fingerprint density at radius 2 is 1.81 bits per heavy atom. The van der Waals surface area contributed by atoms with Crippen molar-refractivity contribution in [1.82, 2.24) is 5.32 Å². The van der Waals surface area contributed by atoms with Crippen LogP contribution in [0.25, 0.3) is 0 Å². The third-order valence-corrected chi connectivity index (χ3v) is 2.54. The van der Waals surface area contributed by atoms with Crippen LogP contribution in [0.2, 0.25) is 0 Å². The fourth-order valence-electron chi connectivity index (χ4n) is 1.06. The molecule has 1 rings (SSSR count). The van der Waals surface area contributed by atoms with E-state index < -0.39 is 5.54 Å². The van der Waals surface area contributed by atoms with Crippen LogP contribution in [0.3, 0.4) is 0 Å². The highest BCUT2D eigenvalue weighted by atomic mass is 32.1. The molecule has 3 nitrogen and oxygen atoms in total. The number of anilines is 1. The third kappa shape index (κ3) is 3.62. The van der Waals surface area contributed by atoms with Gasteiger partial charge in [-0.15, -0.1) is 0 Å². The molecule has 0 aromatic heterocycles. The summed E-state index contributed by atoms with van der Waals surface area (Å²) in [6, 6.07) is 9.59. The number of rotatable bonds is 3. The highest BCUT2D eigenvalue weighted by Gasteiger charge is 2.23. The highest BCUT2D eigenvalue weighted by molar-refractivity contribution is 7.80. The SMILES string of the molecule is CC(=O)C(C)(C)NC(=S)Nc1ccccc1. The summed E-state index contributed by atoms with van der Waals surface area (Å²) in [7, 11) is 0. The van der Waals surface area contributed by atoms with Crippen LogP contribution in [0, 0.1) is 0 Å². The second-order valence-electron chi connectivity index (χ2n) is 4.13. The van der Waals surface area contributed by atoms with Gasteiger partial charge >= 0.3 is 0 Å². The van der Waals surface area contributed by atoms with E-state index in [1.165, 1.54) is 6.92 Å². The minimum atomic E-state index is -0.640.